The third kappa shape index (κ3) is 3.37. The average Bonchev–Trinajstić information content (AvgIpc) is 3.05. The van der Waals surface area contributed by atoms with Crippen LogP contribution in [0.1, 0.15) is 38.5 Å². The summed E-state index contributed by atoms with van der Waals surface area (Å²) < 4.78 is 5.45. The van der Waals surface area contributed by atoms with Gasteiger partial charge in [0.1, 0.15) is 0 Å². The number of aromatic nitrogens is 1. The lowest BCUT2D eigenvalue weighted by Gasteiger charge is -2.35. The molecule has 4 heteroatoms. The lowest BCUT2D eigenvalue weighted by Crippen LogP contribution is -2.47. The van der Waals surface area contributed by atoms with E-state index >= 15 is 0 Å². The predicted molar refractivity (Wildman–Crippen MR) is 93.9 cm³/mol. The molecular formula is C19H27N3O. The summed E-state index contributed by atoms with van der Waals surface area (Å²) in [6.45, 7) is 5.68. The molecule has 0 atom stereocenters. The second kappa shape index (κ2) is 6.91. The van der Waals surface area contributed by atoms with Crippen LogP contribution in [0.2, 0.25) is 0 Å². The van der Waals surface area contributed by atoms with Crippen molar-refractivity contribution in [1.29, 1.82) is 0 Å². The monoisotopic (exact) mass is 313 g/mol. The Bertz CT molecular complexity index is 624. The van der Waals surface area contributed by atoms with Crippen LogP contribution in [0, 0.1) is 5.92 Å². The van der Waals surface area contributed by atoms with E-state index in [0.29, 0.717) is 0 Å². The molecule has 23 heavy (non-hydrogen) atoms. The Kier molecular flexibility index (Phi) is 4.51. The van der Waals surface area contributed by atoms with Crippen LogP contribution < -0.4 is 4.90 Å². The Hall–Kier alpha value is -1.55. The number of hydrogen-bond donors (Lipinski definition) is 0. The number of anilines is 1. The maximum Gasteiger partial charge on any atom is 0.180 e. The number of rotatable bonds is 4. The zero-order valence-corrected chi connectivity index (χ0v) is 13.9. The standard InChI is InChI=1S/C19H27N3O/c1-2-6-16(7-3-1)10-11-21-12-14-22(15-13-21)19-17-8-4-5-9-18(17)23-20-19/h4-5,8-9,16H,1-3,6-7,10-15H2. The molecule has 2 aromatic rings. The number of para-hydroxylation sites is 1. The molecule has 0 spiro atoms. The molecule has 0 amide bonds. The van der Waals surface area contributed by atoms with Crippen molar-refractivity contribution in [1.82, 2.24) is 10.1 Å². The van der Waals surface area contributed by atoms with Crippen molar-refractivity contribution in [3.63, 3.8) is 0 Å². The van der Waals surface area contributed by atoms with Crippen molar-refractivity contribution in [2.75, 3.05) is 37.6 Å². The summed E-state index contributed by atoms with van der Waals surface area (Å²) in [7, 11) is 0. The van der Waals surface area contributed by atoms with E-state index in [4.69, 9.17) is 4.52 Å². The number of benzene rings is 1. The van der Waals surface area contributed by atoms with E-state index in [9.17, 15) is 0 Å². The molecule has 0 N–H and O–H groups in total. The molecular weight excluding hydrogens is 286 g/mol. The zero-order valence-electron chi connectivity index (χ0n) is 13.9. The van der Waals surface area contributed by atoms with Crippen LogP contribution in [-0.4, -0.2) is 42.8 Å². The van der Waals surface area contributed by atoms with Crippen molar-refractivity contribution in [2.24, 2.45) is 5.92 Å². The van der Waals surface area contributed by atoms with Gasteiger partial charge in [-0.15, -0.1) is 0 Å². The molecule has 2 heterocycles. The number of nitrogens with zero attached hydrogens (tertiary/aromatic N) is 3. The molecule has 1 aliphatic carbocycles. The first-order chi connectivity index (χ1) is 11.4. The highest BCUT2D eigenvalue weighted by atomic mass is 16.5. The Morgan fingerprint density at radius 1 is 1.00 bits per heavy atom. The number of fused-ring (bicyclic) bond motifs is 1. The first kappa shape index (κ1) is 15.0. The Morgan fingerprint density at radius 2 is 1.78 bits per heavy atom. The van der Waals surface area contributed by atoms with Crippen LogP contribution in [0.25, 0.3) is 11.0 Å². The Morgan fingerprint density at radius 3 is 2.61 bits per heavy atom. The predicted octanol–water partition coefficient (Wildman–Crippen LogP) is 3.92. The van der Waals surface area contributed by atoms with Crippen LogP contribution in [0.5, 0.6) is 0 Å². The first-order valence-electron chi connectivity index (χ1n) is 9.22. The maximum absolute atomic E-state index is 5.45. The molecule has 2 fully saturated rings. The van der Waals surface area contributed by atoms with Crippen LogP contribution in [-0.2, 0) is 0 Å². The summed E-state index contributed by atoms with van der Waals surface area (Å²) in [5.74, 6) is 2.01. The molecule has 124 valence electrons. The Labute approximate surface area is 138 Å². The lowest BCUT2D eigenvalue weighted by molar-refractivity contribution is 0.221. The Balaban J connectivity index is 1.30. The van der Waals surface area contributed by atoms with Gasteiger partial charge in [0.15, 0.2) is 11.4 Å². The smallest absolute Gasteiger partial charge is 0.180 e. The zero-order chi connectivity index (χ0) is 15.5. The molecule has 1 saturated heterocycles. The normalized spacial score (nSPS) is 21.1. The van der Waals surface area contributed by atoms with E-state index in [1.807, 2.05) is 12.1 Å². The van der Waals surface area contributed by atoms with Crippen LogP contribution in [0.4, 0.5) is 5.82 Å². The second-order valence-corrected chi connectivity index (χ2v) is 7.12. The first-order valence-corrected chi connectivity index (χ1v) is 9.22. The summed E-state index contributed by atoms with van der Waals surface area (Å²) in [5, 5.41) is 5.44. The third-order valence-electron chi connectivity index (χ3n) is 5.61. The van der Waals surface area contributed by atoms with Gasteiger partial charge in [-0.3, -0.25) is 4.90 Å². The summed E-state index contributed by atoms with van der Waals surface area (Å²) >= 11 is 0. The molecule has 0 radical (unpaired) electrons. The van der Waals surface area contributed by atoms with Gasteiger partial charge in [-0.05, 0) is 31.0 Å². The van der Waals surface area contributed by atoms with Gasteiger partial charge in [-0.2, -0.15) is 0 Å². The quantitative estimate of drug-likeness (QED) is 0.856. The minimum Gasteiger partial charge on any atom is -0.354 e. The average molecular weight is 313 g/mol. The summed E-state index contributed by atoms with van der Waals surface area (Å²) in [5.41, 5.74) is 0.891. The molecule has 0 bridgehead atoms. The second-order valence-electron chi connectivity index (χ2n) is 7.12. The fourth-order valence-electron chi connectivity index (χ4n) is 4.12. The molecule has 0 unspecified atom stereocenters. The van der Waals surface area contributed by atoms with Gasteiger partial charge in [-0.1, -0.05) is 49.4 Å². The SMILES string of the molecule is c1ccc2c(N3CCN(CCC4CCCCC4)CC3)noc2c1. The van der Waals surface area contributed by atoms with Gasteiger partial charge in [0.05, 0.1) is 5.39 Å². The van der Waals surface area contributed by atoms with E-state index in [-0.39, 0.29) is 0 Å². The fourth-order valence-corrected chi connectivity index (χ4v) is 4.12. The molecule has 1 aliphatic heterocycles. The molecule has 1 aromatic carbocycles. The van der Waals surface area contributed by atoms with Gasteiger partial charge < -0.3 is 9.42 Å². The van der Waals surface area contributed by atoms with Crippen molar-refractivity contribution in [3.8, 4) is 0 Å². The van der Waals surface area contributed by atoms with Crippen molar-refractivity contribution in [2.45, 2.75) is 38.5 Å². The summed E-state index contributed by atoms with van der Waals surface area (Å²) in [4.78, 5) is 5.01. The third-order valence-corrected chi connectivity index (χ3v) is 5.61. The van der Waals surface area contributed by atoms with Crippen molar-refractivity contribution >= 4 is 16.8 Å². The highest BCUT2D eigenvalue weighted by Gasteiger charge is 2.22. The van der Waals surface area contributed by atoms with Crippen LogP contribution in [0.3, 0.4) is 0 Å². The van der Waals surface area contributed by atoms with E-state index < -0.39 is 0 Å². The van der Waals surface area contributed by atoms with Gasteiger partial charge in [-0.25, -0.2) is 0 Å². The molecule has 4 nitrogen and oxygen atoms in total. The van der Waals surface area contributed by atoms with Crippen LogP contribution in [0.15, 0.2) is 28.8 Å². The molecule has 2 aliphatic rings. The van der Waals surface area contributed by atoms with E-state index in [1.54, 1.807) is 0 Å². The maximum atomic E-state index is 5.45. The number of hydrogen-bond acceptors (Lipinski definition) is 4. The highest BCUT2D eigenvalue weighted by Crippen LogP contribution is 2.28. The van der Waals surface area contributed by atoms with Crippen molar-refractivity contribution in [3.05, 3.63) is 24.3 Å². The van der Waals surface area contributed by atoms with Gasteiger partial charge >= 0.3 is 0 Å². The highest BCUT2D eigenvalue weighted by molar-refractivity contribution is 5.88. The van der Waals surface area contributed by atoms with Gasteiger partial charge in [0.2, 0.25) is 0 Å². The molecule has 4 rings (SSSR count). The van der Waals surface area contributed by atoms with E-state index in [0.717, 1.165) is 48.9 Å². The van der Waals surface area contributed by atoms with Crippen LogP contribution >= 0.6 is 0 Å². The van der Waals surface area contributed by atoms with E-state index in [1.165, 1.54) is 45.1 Å². The lowest BCUT2D eigenvalue weighted by atomic mass is 9.87. The topological polar surface area (TPSA) is 32.5 Å². The van der Waals surface area contributed by atoms with Gasteiger partial charge in [0, 0.05) is 26.2 Å². The van der Waals surface area contributed by atoms with Crippen molar-refractivity contribution < 1.29 is 4.52 Å². The summed E-state index contributed by atoms with van der Waals surface area (Å²) in [6.07, 6.45) is 8.69. The molecule has 1 saturated carbocycles. The minimum atomic E-state index is 0.891. The van der Waals surface area contributed by atoms with Gasteiger partial charge in [0.25, 0.3) is 0 Å². The molecule has 1 aromatic heterocycles. The summed E-state index contributed by atoms with van der Waals surface area (Å²) in [6, 6.07) is 8.16. The minimum absolute atomic E-state index is 0.891. The fraction of sp³-hybridized carbons (Fsp3) is 0.632. The largest absolute Gasteiger partial charge is 0.354 e. The number of piperazine rings is 1. The van der Waals surface area contributed by atoms with E-state index in [2.05, 4.69) is 27.1 Å².